The van der Waals surface area contributed by atoms with Crippen molar-refractivity contribution in [2.75, 3.05) is 5.75 Å². The summed E-state index contributed by atoms with van der Waals surface area (Å²) in [5, 5.41) is 8.07. The number of aromatic nitrogens is 2. The monoisotopic (exact) mass is 328 g/mol. The van der Waals surface area contributed by atoms with Crippen LogP contribution in [0.1, 0.15) is 0 Å². The predicted octanol–water partition coefficient (Wildman–Crippen LogP) is 1.58. The Bertz CT molecular complexity index is 543. The van der Waals surface area contributed by atoms with Crippen molar-refractivity contribution >= 4 is 33.6 Å². The second-order valence-corrected chi connectivity index (χ2v) is 5.08. The summed E-state index contributed by atoms with van der Waals surface area (Å²) in [5.41, 5.74) is 2.85. The first-order chi connectivity index (χ1) is 8.69. The normalized spacial score (nSPS) is 10.3. The summed E-state index contributed by atoms with van der Waals surface area (Å²) >= 11 is 4.48. The van der Waals surface area contributed by atoms with Gasteiger partial charge in [-0.05, 0) is 24.3 Å². The largest absolute Gasteiger partial charge is 0.411 e. The number of nitrogens with one attached hydrogen (secondary N) is 1. The predicted molar refractivity (Wildman–Crippen MR) is 70.5 cm³/mol. The number of amides is 1. The van der Waals surface area contributed by atoms with E-state index >= 15 is 0 Å². The third kappa shape index (κ3) is 3.31. The molecular weight excluding hydrogens is 320 g/mol. The maximum absolute atomic E-state index is 10.9. The van der Waals surface area contributed by atoms with Crippen molar-refractivity contribution in [3.05, 3.63) is 28.7 Å². The van der Waals surface area contributed by atoms with Crippen molar-refractivity contribution in [2.24, 2.45) is 5.84 Å². The van der Waals surface area contributed by atoms with Gasteiger partial charge < -0.3 is 4.42 Å². The quantitative estimate of drug-likeness (QED) is 0.383. The van der Waals surface area contributed by atoms with Crippen LogP contribution in [-0.4, -0.2) is 21.9 Å². The smallest absolute Gasteiger partial charge is 0.277 e. The molecule has 0 fully saturated rings. The van der Waals surface area contributed by atoms with Crippen LogP contribution >= 0.6 is 27.7 Å². The molecule has 94 valence electrons. The summed E-state index contributed by atoms with van der Waals surface area (Å²) in [5.74, 6) is 5.21. The lowest BCUT2D eigenvalue weighted by molar-refractivity contribution is -0.118. The molecule has 2 aromatic rings. The highest BCUT2D eigenvalue weighted by molar-refractivity contribution is 9.10. The number of nitrogens with zero attached hydrogens (tertiary/aromatic N) is 2. The summed E-state index contributed by atoms with van der Waals surface area (Å²) in [4.78, 5) is 10.9. The highest BCUT2D eigenvalue weighted by atomic mass is 79.9. The SMILES string of the molecule is NNC(=O)CSc1nnc(-c2ccc(Br)cc2)o1. The molecule has 0 unspecified atom stereocenters. The van der Waals surface area contributed by atoms with Crippen molar-refractivity contribution in [3.8, 4) is 11.5 Å². The Hall–Kier alpha value is -1.38. The minimum atomic E-state index is -0.302. The Balaban J connectivity index is 2.06. The molecule has 3 N–H and O–H groups in total. The number of halogens is 1. The van der Waals surface area contributed by atoms with E-state index in [1.54, 1.807) is 0 Å². The first kappa shape index (κ1) is 13.1. The van der Waals surface area contributed by atoms with Crippen molar-refractivity contribution in [1.82, 2.24) is 15.6 Å². The lowest BCUT2D eigenvalue weighted by Gasteiger charge is -1.95. The average molecular weight is 329 g/mol. The van der Waals surface area contributed by atoms with Gasteiger partial charge in [0.15, 0.2) is 0 Å². The van der Waals surface area contributed by atoms with Gasteiger partial charge in [-0.25, -0.2) is 5.84 Å². The Morgan fingerprint density at radius 1 is 1.39 bits per heavy atom. The van der Waals surface area contributed by atoms with E-state index in [2.05, 4.69) is 26.1 Å². The van der Waals surface area contributed by atoms with Crippen molar-refractivity contribution < 1.29 is 9.21 Å². The van der Waals surface area contributed by atoms with E-state index in [1.807, 2.05) is 29.7 Å². The van der Waals surface area contributed by atoms with Gasteiger partial charge in [-0.3, -0.25) is 10.2 Å². The molecule has 0 aliphatic heterocycles. The Morgan fingerprint density at radius 3 is 2.78 bits per heavy atom. The standard InChI is InChI=1S/C10H9BrN4O2S/c11-7-3-1-6(2-4-7)9-14-15-10(17-9)18-5-8(16)13-12/h1-4H,5,12H2,(H,13,16). The summed E-state index contributed by atoms with van der Waals surface area (Å²) in [6, 6.07) is 7.49. The molecule has 0 spiro atoms. The van der Waals surface area contributed by atoms with Crippen LogP contribution in [0.4, 0.5) is 0 Å². The zero-order valence-electron chi connectivity index (χ0n) is 9.09. The van der Waals surface area contributed by atoms with Crippen LogP contribution in [0.5, 0.6) is 0 Å². The van der Waals surface area contributed by atoms with Crippen LogP contribution in [0.15, 0.2) is 38.4 Å². The van der Waals surface area contributed by atoms with Crippen LogP contribution in [0.2, 0.25) is 0 Å². The summed E-state index contributed by atoms with van der Waals surface area (Å²) in [6.07, 6.45) is 0. The average Bonchev–Trinajstić information content (AvgIpc) is 2.85. The molecule has 18 heavy (non-hydrogen) atoms. The van der Waals surface area contributed by atoms with Crippen molar-refractivity contribution in [2.45, 2.75) is 5.22 Å². The molecule has 1 amide bonds. The highest BCUT2D eigenvalue weighted by Gasteiger charge is 2.10. The first-order valence-electron chi connectivity index (χ1n) is 4.90. The fraction of sp³-hybridized carbons (Fsp3) is 0.100. The fourth-order valence-corrected chi connectivity index (χ4v) is 1.98. The molecule has 0 aliphatic rings. The van der Waals surface area contributed by atoms with E-state index in [4.69, 9.17) is 10.3 Å². The Labute approximate surface area is 115 Å². The van der Waals surface area contributed by atoms with Gasteiger partial charge in [-0.15, -0.1) is 10.2 Å². The lowest BCUT2D eigenvalue weighted by Crippen LogP contribution is -2.31. The number of hydrazine groups is 1. The highest BCUT2D eigenvalue weighted by Crippen LogP contribution is 2.24. The van der Waals surface area contributed by atoms with Gasteiger partial charge in [0.05, 0.1) is 5.75 Å². The van der Waals surface area contributed by atoms with E-state index in [-0.39, 0.29) is 11.7 Å². The zero-order valence-corrected chi connectivity index (χ0v) is 11.5. The molecule has 0 saturated carbocycles. The maximum Gasteiger partial charge on any atom is 0.277 e. The summed E-state index contributed by atoms with van der Waals surface area (Å²) < 4.78 is 6.38. The molecule has 0 aliphatic carbocycles. The fourth-order valence-electron chi connectivity index (χ4n) is 1.15. The van der Waals surface area contributed by atoms with E-state index < -0.39 is 0 Å². The van der Waals surface area contributed by atoms with Crippen LogP contribution in [-0.2, 0) is 4.79 Å². The Kier molecular flexibility index (Phi) is 4.34. The van der Waals surface area contributed by atoms with E-state index in [9.17, 15) is 4.79 Å². The van der Waals surface area contributed by atoms with Crippen LogP contribution in [0.3, 0.4) is 0 Å². The van der Waals surface area contributed by atoms with Crippen LogP contribution in [0.25, 0.3) is 11.5 Å². The number of carbonyl (C=O) groups excluding carboxylic acids is 1. The number of nitrogens with two attached hydrogens (primary N) is 1. The van der Waals surface area contributed by atoms with E-state index in [0.717, 1.165) is 21.8 Å². The minimum Gasteiger partial charge on any atom is -0.411 e. The van der Waals surface area contributed by atoms with Gasteiger partial charge in [-0.1, -0.05) is 27.7 Å². The minimum absolute atomic E-state index is 0.137. The van der Waals surface area contributed by atoms with E-state index in [1.165, 1.54) is 0 Å². The van der Waals surface area contributed by atoms with E-state index in [0.29, 0.717) is 11.1 Å². The molecule has 0 radical (unpaired) electrons. The molecule has 2 rings (SSSR count). The van der Waals surface area contributed by atoms with Gasteiger partial charge in [-0.2, -0.15) is 0 Å². The van der Waals surface area contributed by atoms with Crippen LogP contribution < -0.4 is 11.3 Å². The number of benzene rings is 1. The molecule has 1 aromatic carbocycles. The number of rotatable bonds is 4. The third-order valence-corrected chi connectivity index (χ3v) is 3.33. The maximum atomic E-state index is 10.9. The number of hydrogen-bond acceptors (Lipinski definition) is 6. The Morgan fingerprint density at radius 2 is 2.11 bits per heavy atom. The second kappa shape index (κ2) is 5.98. The van der Waals surface area contributed by atoms with Crippen molar-refractivity contribution in [3.63, 3.8) is 0 Å². The topological polar surface area (TPSA) is 94.0 Å². The molecule has 8 heteroatoms. The lowest BCUT2D eigenvalue weighted by atomic mass is 10.2. The number of hydrogen-bond donors (Lipinski definition) is 2. The number of carbonyl (C=O) groups is 1. The summed E-state index contributed by atoms with van der Waals surface area (Å²) in [7, 11) is 0. The second-order valence-electron chi connectivity index (χ2n) is 3.24. The molecule has 0 bridgehead atoms. The van der Waals surface area contributed by atoms with Crippen molar-refractivity contribution in [1.29, 1.82) is 0 Å². The summed E-state index contributed by atoms with van der Waals surface area (Å²) in [6.45, 7) is 0. The molecule has 1 aromatic heterocycles. The van der Waals surface area contributed by atoms with Gasteiger partial charge in [0, 0.05) is 10.0 Å². The first-order valence-corrected chi connectivity index (χ1v) is 6.68. The molecule has 0 atom stereocenters. The third-order valence-electron chi connectivity index (χ3n) is 1.99. The van der Waals surface area contributed by atoms with Gasteiger partial charge in [0.25, 0.3) is 5.22 Å². The number of thioether (sulfide) groups is 1. The molecule has 0 saturated heterocycles. The van der Waals surface area contributed by atoms with Gasteiger partial charge in [0.1, 0.15) is 0 Å². The zero-order chi connectivity index (χ0) is 13.0. The molecule has 1 heterocycles. The van der Waals surface area contributed by atoms with Gasteiger partial charge >= 0.3 is 0 Å². The van der Waals surface area contributed by atoms with Crippen LogP contribution in [0, 0.1) is 0 Å². The van der Waals surface area contributed by atoms with Gasteiger partial charge in [0.2, 0.25) is 11.8 Å². The molecule has 6 nitrogen and oxygen atoms in total. The molecular formula is C10H9BrN4O2S.